The van der Waals surface area contributed by atoms with E-state index in [0.29, 0.717) is 0 Å². The fourth-order valence-electron chi connectivity index (χ4n) is 12.9. The predicted octanol–water partition coefficient (Wildman–Crippen LogP) is 20.4. The van der Waals surface area contributed by atoms with E-state index in [1.54, 1.807) is 49.6 Å². The van der Waals surface area contributed by atoms with Crippen LogP contribution >= 0.6 is 0 Å². The first kappa shape index (κ1) is 59.6. The molecule has 16 heteroatoms. The largest absolute Gasteiger partial charge is 0.354 e. The molecule has 2 aliphatic heterocycles. The van der Waals surface area contributed by atoms with Crippen molar-refractivity contribution in [3.8, 4) is 44.5 Å². The highest BCUT2D eigenvalue weighted by atomic mass is 15.3. The Kier molecular flexibility index (Phi) is 15.8. The quantitative estimate of drug-likeness (QED) is 0.0935. The summed E-state index contributed by atoms with van der Waals surface area (Å²) in [6.45, 7) is 0. The molecule has 474 valence electrons. The number of nitrogens with one attached hydrogen (secondary N) is 2. The maximum Gasteiger partial charge on any atom is 0.138 e. The lowest BCUT2D eigenvalue weighted by atomic mass is 10.0. The summed E-state index contributed by atoms with van der Waals surface area (Å²) in [6, 6.07) is 89.8. The summed E-state index contributed by atoms with van der Waals surface area (Å²) in [5.74, 6) is 5.90. The van der Waals surface area contributed by atoms with E-state index in [4.69, 9.17) is 49.8 Å². The number of pyridine rings is 8. The molecule has 0 unspecified atom stereocenters. The van der Waals surface area contributed by atoms with E-state index in [1.807, 2.05) is 146 Å². The van der Waals surface area contributed by atoms with Gasteiger partial charge in [-0.25, -0.2) is 49.8 Å². The van der Waals surface area contributed by atoms with Crippen LogP contribution in [0.4, 0.5) is 69.3 Å². The van der Waals surface area contributed by atoms with E-state index in [-0.39, 0.29) is 0 Å². The maximum absolute atomic E-state index is 5.72. The zero-order valence-electron chi connectivity index (χ0n) is 53.6. The Labute approximate surface area is 575 Å². The number of benzene rings is 4. The molecule has 0 atom stereocenters. The lowest BCUT2D eigenvalue weighted by Gasteiger charge is -2.23. The SMILES string of the molecule is C1=Cc2nc1c(-c1ccc(N(c3ccccn3)c3ccccn3)cc1)c1ccc([nH]1)c(-c1ccc(N(c3ccccn3)c3ccccn3)cc1)c1nc(c(-c3ccc(N(c4ccccn4)c4ccccn4)cc3)c3ccc([nH]3)c2-c2ccc(N(c3ccccn3)c3ccccn3)cc2)C=C1. The zero-order chi connectivity index (χ0) is 66.6. The zero-order valence-corrected chi connectivity index (χ0v) is 53.6. The lowest BCUT2D eigenvalue weighted by molar-refractivity contribution is 1.12. The minimum Gasteiger partial charge on any atom is -0.354 e. The molecule has 0 amide bonds. The highest BCUT2D eigenvalue weighted by molar-refractivity contribution is 6.01. The molecule has 100 heavy (non-hydrogen) atoms. The second-order valence-corrected chi connectivity index (χ2v) is 23.5. The number of rotatable bonds is 16. The Bertz CT molecular complexity index is 4760. The van der Waals surface area contributed by atoms with Crippen molar-refractivity contribution in [1.82, 2.24) is 59.8 Å². The van der Waals surface area contributed by atoms with Crippen molar-refractivity contribution < 1.29 is 0 Å². The number of H-pyrrole nitrogens is 2. The molecular formula is C84H58N16. The molecule has 11 aromatic heterocycles. The number of nitrogens with zero attached hydrogens (tertiary/aromatic N) is 14. The topological polar surface area (TPSA) is 173 Å². The van der Waals surface area contributed by atoms with Gasteiger partial charge in [-0.3, -0.25) is 19.6 Å². The van der Waals surface area contributed by atoms with Gasteiger partial charge in [0.25, 0.3) is 0 Å². The van der Waals surface area contributed by atoms with Crippen molar-refractivity contribution in [2.75, 3.05) is 19.6 Å². The summed E-state index contributed by atoms with van der Waals surface area (Å²) in [4.78, 5) is 65.9. The Morgan fingerprint density at radius 3 is 0.530 bits per heavy atom. The van der Waals surface area contributed by atoms with Gasteiger partial charge in [0.2, 0.25) is 0 Å². The van der Waals surface area contributed by atoms with Gasteiger partial charge in [-0.1, -0.05) is 97.1 Å². The van der Waals surface area contributed by atoms with E-state index < -0.39 is 0 Å². The highest BCUT2D eigenvalue weighted by Crippen LogP contribution is 2.43. The molecular weight excluding hydrogens is 1230 g/mol. The number of aromatic nitrogens is 12. The van der Waals surface area contributed by atoms with Crippen molar-refractivity contribution in [2.45, 2.75) is 0 Å². The molecule has 17 rings (SSSR count). The standard InChI is InChI=1S/C84H58N16/c1-9-49-85-73(17-1)97(74-18-2-10-50-86-74)61-33-25-57(26-34-61)81-65-41-43-67(93-65)82(58-27-35-62(36-28-58)98(75-19-3-11-51-87-75)76-20-4-12-52-88-76)69-45-47-71(95-69)84(60-31-39-64(40-32-60)100(79-23-7-15-55-91-79)80-24-8-16-56-92-80)72-48-46-70(96-72)83(68-44-42-66(81)94-68)59-29-37-63(38-30-59)99(77-21-5-13-53-89-77)78-22-6-14-54-90-78/h1-56,93,96H. The summed E-state index contributed by atoms with van der Waals surface area (Å²) < 4.78 is 0. The highest BCUT2D eigenvalue weighted by Gasteiger charge is 2.24. The van der Waals surface area contributed by atoms with E-state index in [2.05, 4.69) is 175 Å². The number of aromatic amines is 2. The van der Waals surface area contributed by atoms with Gasteiger partial charge in [-0.15, -0.1) is 0 Å². The summed E-state index contributed by atoms with van der Waals surface area (Å²) in [5.41, 5.74) is 17.2. The fourth-order valence-corrected chi connectivity index (χ4v) is 12.9. The van der Waals surface area contributed by atoms with Gasteiger partial charge < -0.3 is 9.97 Å². The molecule has 13 heterocycles. The Hall–Kier alpha value is -14.1. The van der Waals surface area contributed by atoms with E-state index in [1.165, 1.54) is 0 Å². The Balaban J connectivity index is 0.903. The van der Waals surface area contributed by atoms with Gasteiger partial charge in [0.05, 0.1) is 22.8 Å². The normalized spacial score (nSPS) is 11.5. The van der Waals surface area contributed by atoms with Crippen molar-refractivity contribution in [3.05, 3.63) is 339 Å². The maximum atomic E-state index is 5.72. The minimum atomic E-state index is 0.737. The van der Waals surface area contributed by atoms with E-state index in [0.717, 1.165) is 159 Å². The third kappa shape index (κ3) is 11.7. The van der Waals surface area contributed by atoms with Crippen LogP contribution in [0, 0.1) is 0 Å². The predicted molar refractivity (Wildman–Crippen MR) is 402 cm³/mol. The van der Waals surface area contributed by atoms with Gasteiger partial charge in [-0.2, -0.15) is 0 Å². The van der Waals surface area contributed by atoms with Gasteiger partial charge in [0.15, 0.2) is 0 Å². The van der Waals surface area contributed by atoms with E-state index in [9.17, 15) is 0 Å². The Morgan fingerprint density at radius 1 is 0.190 bits per heavy atom. The third-order valence-electron chi connectivity index (χ3n) is 17.4. The molecule has 0 fully saturated rings. The number of hydrogen-bond donors (Lipinski definition) is 2. The fraction of sp³-hybridized carbons (Fsp3) is 0. The van der Waals surface area contributed by atoms with Crippen LogP contribution in [-0.4, -0.2) is 59.8 Å². The molecule has 4 aromatic carbocycles. The molecule has 16 nitrogen and oxygen atoms in total. The molecule has 0 spiro atoms. The molecule has 0 saturated carbocycles. The number of fused-ring (bicyclic) bond motifs is 8. The molecule has 0 aliphatic carbocycles. The van der Waals surface area contributed by atoms with Crippen LogP contribution in [-0.2, 0) is 0 Å². The average molecular weight is 1290 g/mol. The van der Waals surface area contributed by atoms with Crippen LogP contribution in [0.1, 0.15) is 22.8 Å². The summed E-state index contributed by atoms with van der Waals surface area (Å²) in [6.07, 6.45) is 22.9. The third-order valence-corrected chi connectivity index (χ3v) is 17.4. The average Bonchev–Trinajstić information content (AvgIpc) is 1.59. The Morgan fingerprint density at radius 2 is 0.370 bits per heavy atom. The minimum absolute atomic E-state index is 0.737. The van der Waals surface area contributed by atoms with Crippen LogP contribution in [0.15, 0.2) is 316 Å². The number of anilines is 12. The smallest absolute Gasteiger partial charge is 0.138 e. The van der Waals surface area contributed by atoms with Crippen LogP contribution < -0.4 is 19.6 Å². The first-order chi connectivity index (χ1) is 49.6. The molecule has 2 N–H and O–H groups in total. The van der Waals surface area contributed by atoms with Crippen molar-refractivity contribution in [3.63, 3.8) is 0 Å². The number of hydrogen-bond acceptors (Lipinski definition) is 14. The lowest BCUT2D eigenvalue weighted by Crippen LogP contribution is -2.12. The first-order valence-corrected chi connectivity index (χ1v) is 32.7. The first-order valence-electron chi connectivity index (χ1n) is 32.7. The van der Waals surface area contributed by atoms with Crippen LogP contribution in [0.2, 0.25) is 0 Å². The van der Waals surface area contributed by atoms with Gasteiger partial charge in [0, 0.05) is 117 Å². The van der Waals surface area contributed by atoms with Crippen LogP contribution in [0.5, 0.6) is 0 Å². The monoisotopic (exact) mass is 1290 g/mol. The van der Waals surface area contributed by atoms with Gasteiger partial charge in [0.1, 0.15) is 46.5 Å². The molecule has 15 aromatic rings. The molecule has 2 aliphatic rings. The van der Waals surface area contributed by atoms with E-state index >= 15 is 0 Å². The van der Waals surface area contributed by atoms with Crippen LogP contribution in [0.25, 0.3) is 90.9 Å². The van der Waals surface area contributed by atoms with Crippen molar-refractivity contribution in [1.29, 1.82) is 0 Å². The summed E-state index contributed by atoms with van der Waals surface area (Å²) in [5, 5.41) is 0. The molecule has 0 saturated heterocycles. The van der Waals surface area contributed by atoms with Gasteiger partial charge in [-0.05, 0) is 216 Å². The van der Waals surface area contributed by atoms with Crippen molar-refractivity contribution >= 4 is 116 Å². The second-order valence-electron chi connectivity index (χ2n) is 23.5. The summed E-state index contributed by atoms with van der Waals surface area (Å²) in [7, 11) is 0. The van der Waals surface area contributed by atoms with Crippen molar-refractivity contribution in [2.24, 2.45) is 0 Å². The molecule has 0 radical (unpaired) electrons. The van der Waals surface area contributed by atoms with Gasteiger partial charge >= 0.3 is 0 Å². The molecule has 8 bridgehead atoms. The second kappa shape index (κ2) is 26.6. The summed E-state index contributed by atoms with van der Waals surface area (Å²) >= 11 is 0. The van der Waals surface area contributed by atoms with Crippen LogP contribution in [0.3, 0.4) is 0 Å².